The predicted octanol–water partition coefficient (Wildman–Crippen LogP) is 11.5. The lowest BCUT2D eigenvalue weighted by Gasteiger charge is -2.13. The van der Waals surface area contributed by atoms with Gasteiger partial charge in [0.25, 0.3) is 0 Å². The van der Waals surface area contributed by atoms with Crippen LogP contribution in [0.4, 0.5) is 0 Å². The second-order valence-corrected chi connectivity index (χ2v) is 12.5. The first-order valence-corrected chi connectivity index (χ1v) is 16.4. The van der Waals surface area contributed by atoms with E-state index in [2.05, 4.69) is 178 Å². The van der Waals surface area contributed by atoms with Crippen molar-refractivity contribution in [3.05, 3.63) is 163 Å². The summed E-state index contributed by atoms with van der Waals surface area (Å²) in [6, 6.07) is 58.0. The van der Waals surface area contributed by atoms with Gasteiger partial charge < -0.3 is 13.7 Å². The van der Waals surface area contributed by atoms with Crippen LogP contribution in [0.2, 0.25) is 0 Å². The topological polar surface area (TPSA) is 14.8 Å². The van der Waals surface area contributed by atoms with E-state index >= 15 is 0 Å². The smallest absolute Gasteiger partial charge is 0.0561 e. The highest BCUT2D eigenvalue weighted by Gasteiger charge is 2.18. The van der Waals surface area contributed by atoms with Crippen LogP contribution in [0.25, 0.3) is 82.5 Å². The van der Waals surface area contributed by atoms with Gasteiger partial charge in [0.05, 0.1) is 33.1 Å². The van der Waals surface area contributed by atoms with E-state index in [-0.39, 0.29) is 0 Å². The normalized spacial score (nSPS) is 12.0. The van der Waals surface area contributed by atoms with Crippen molar-refractivity contribution < 1.29 is 0 Å². The van der Waals surface area contributed by atoms with Gasteiger partial charge in [-0.1, -0.05) is 104 Å². The van der Waals surface area contributed by atoms with Crippen LogP contribution in [-0.4, -0.2) is 13.7 Å². The molecule has 0 aliphatic carbocycles. The van der Waals surface area contributed by atoms with Crippen molar-refractivity contribution in [2.24, 2.45) is 0 Å². The summed E-state index contributed by atoms with van der Waals surface area (Å²) in [5.74, 6) is 0. The molecule has 0 radical (unpaired) electrons. The fourth-order valence-corrected chi connectivity index (χ4v) is 7.83. The van der Waals surface area contributed by atoms with Gasteiger partial charge in [-0.3, -0.25) is 0 Å². The number of aromatic nitrogens is 3. The molecule has 3 heterocycles. The summed E-state index contributed by atoms with van der Waals surface area (Å²) in [4.78, 5) is 0. The molecule has 0 unspecified atom stereocenters. The summed E-state index contributed by atoms with van der Waals surface area (Å²) in [6.45, 7) is 2.21. The van der Waals surface area contributed by atoms with Crippen LogP contribution in [-0.2, 0) is 6.42 Å². The molecule has 0 N–H and O–H groups in total. The van der Waals surface area contributed by atoms with Crippen LogP contribution in [0.5, 0.6) is 0 Å². The van der Waals surface area contributed by atoms with Gasteiger partial charge in [-0.25, -0.2) is 0 Å². The Bertz CT molecular complexity index is 2550. The third-order valence-corrected chi connectivity index (χ3v) is 10.0. The van der Waals surface area contributed by atoms with Crippen LogP contribution in [0, 0.1) is 0 Å². The van der Waals surface area contributed by atoms with Crippen molar-refractivity contribution in [2.45, 2.75) is 13.3 Å². The first kappa shape index (κ1) is 26.2. The molecule has 0 fully saturated rings. The Morgan fingerprint density at radius 2 is 0.638 bits per heavy atom. The maximum Gasteiger partial charge on any atom is 0.0561 e. The lowest BCUT2D eigenvalue weighted by Crippen LogP contribution is -1.98. The van der Waals surface area contributed by atoms with Gasteiger partial charge in [0.1, 0.15) is 0 Å². The first-order valence-electron chi connectivity index (χ1n) is 16.4. The van der Waals surface area contributed by atoms with Crippen molar-refractivity contribution in [1.82, 2.24) is 13.7 Å². The van der Waals surface area contributed by atoms with E-state index in [0.29, 0.717) is 0 Å². The van der Waals surface area contributed by atoms with Crippen LogP contribution in [0.15, 0.2) is 158 Å². The number of hydrogen-bond donors (Lipinski definition) is 0. The summed E-state index contributed by atoms with van der Waals surface area (Å²) < 4.78 is 7.28. The van der Waals surface area contributed by atoms with Crippen molar-refractivity contribution in [3.8, 4) is 17.1 Å². The third-order valence-electron chi connectivity index (χ3n) is 10.0. The standard InChI is InChI=1S/C44H31N3/c1-2-29-19-21-30(22-20-29)45-43-27-31(46-39-15-7-3-11-33(39)34-12-4-8-16-40(34)46)23-25-37(43)38-26-24-32(28-44(38)45)47-41-17-9-5-13-35(41)36-14-6-10-18-42(36)47/h3-28H,2H2,1H3. The van der Waals surface area contributed by atoms with Crippen LogP contribution < -0.4 is 0 Å². The average Bonchev–Trinajstić information content (AvgIpc) is 3.77. The lowest BCUT2D eigenvalue weighted by atomic mass is 10.1. The molecule has 47 heavy (non-hydrogen) atoms. The summed E-state index contributed by atoms with van der Waals surface area (Å²) in [5.41, 5.74) is 12.1. The zero-order valence-electron chi connectivity index (χ0n) is 26.1. The van der Waals surface area contributed by atoms with Crippen LogP contribution in [0.1, 0.15) is 12.5 Å². The van der Waals surface area contributed by atoms with E-state index in [0.717, 1.165) is 17.8 Å². The number of benzene rings is 7. The Hall–Kier alpha value is -6.06. The number of aryl methyl sites for hydroxylation is 1. The second-order valence-electron chi connectivity index (χ2n) is 12.5. The fourth-order valence-electron chi connectivity index (χ4n) is 7.83. The molecule has 10 rings (SSSR count). The molecule has 0 spiro atoms. The molecule has 0 aliphatic heterocycles. The Balaban J connectivity index is 1.29. The molecule has 0 saturated carbocycles. The number of para-hydroxylation sites is 4. The summed E-state index contributed by atoms with van der Waals surface area (Å²) in [6.07, 6.45) is 1.02. The lowest BCUT2D eigenvalue weighted by molar-refractivity contribution is 1.11. The molecule has 0 atom stereocenters. The number of hydrogen-bond acceptors (Lipinski definition) is 0. The minimum absolute atomic E-state index is 1.02. The number of nitrogens with zero attached hydrogens (tertiary/aromatic N) is 3. The predicted molar refractivity (Wildman–Crippen MR) is 199 cm³/mol. The molecule has 222 valence electrons. The molecular weight excluding hydrogens is 571 g/mol. The maximum atomic E-state index is 2.46. The quantitative estimate of drug-likeness (QED) is 0.191. The van der Waals surface area contributed by atoms with Gasteiger partial charge >= 0.3 is 0 Å². The molecule has 3 nitrogen and oxygen atoms in total. The van der Waals surface area contributed by atoms with E-state index in [1.807, 2.05) is 0 Å². The molecule has 0 aliphatic rings. The Morgan fingerprint density at radius 1 is 0.319 bits per heavy atom. The zero-order chi connectivity index (χ0) is 31.1. The minimum Gasteiger partial charge on any atom is -0.309 e. The van der Waals surface area contributed by atoms with Crippen molar-refractivity contribution in [3.63, 3.8) is 0 Å². The maximum absolute atomic E-state index is 2.46. The van der Waals surface area contributed by atoms with Crippen molar-refractivity contribution in [1.29, 1.82) is 0 Å². The van der Waals surface area contributed by atoms with E-state index in [9.17, 15) is 0 Å². The third kappa shape index (κ3) is 3.74. The Labute approximate surface area is 272 Å². The highest BCUT2D eigenvalue weighted by atomic mass is 15.0. The second kappa shape index (κ2) is 9.97. The average molecular weight is 602 g/mol. The molecule has 3 heteroatoms. The highest BCUT2D eigenvalue weighted by Crippen LogP contribution is 2.39. The summed E-state index contributed by atoms with van der Waals surface area (Å²) in [7, 11) is 0. The van der Waals surface area contributed by atoms with E-state index in [1.165, 1.54) is 76.7 Å². The van der Waals surface area contributed by atoms with Crippen molar-refractivity contribution >= 4 is 65.4 Å². The Morgan fingerprint density at radius 3 is 1.02 bits per heavy atom. The summed E-state index contributed by atoms with van der Waals surface area (Å²) in [5, 5.41) is 7.59. The van der Waals surface area contributed by atoms with E-state index in [4.69, 9.17) is 0 Å². The van der Waals surface area contributed by atoms with E-state index < -0.39 is 0 Å². The highest BCUT2D eigenvalue weighted by molar-refractivity contribution is 6.13. The van der Waals surface area contributed by atoms with E-state index in [1.54, 1.807) is 0 Å². The molecule has 0 amide bonds. The zero-order valence-corrected chi connectivity index (χ0v) is 26.1. The van der Waals surface area contributed by atoms with Crippen LogP contribution >= 0.6 is 0 Å². The molecule has 10 aromatic rings. The van der Waals surface area contributed by atoms with Gasteiger partial charge in [-0.05, 0) is 72.6 Å². The molecule has 0 saturated heterocycles. The van der Waals surface area contributed by atoms with Gasteiger partial charge in [-0.15, -0.1) is 0 Å². The first-order chi connectivity index (χ1) is 23.3. The molecular formula is C44H31N3. The molecule has 3 aromatic heterocycles. The SMILES string of the molecule is CCc1ccc(-n2c3cc(-n4c5ccccc5c5ccccc54)ccc3c3ccc(-n4c5ccccc5c5ccccc54)cc32)cc1. The summed E-state index contributed by atoms with van der Waals surface area (Å²) >= 11 is 0. The van der Waals surface area contributed by atoms with Crippen LogP contribution in [0.3, 0.4) is 0 Å². The minimum atomic E-state index is 1.02. The molecule has 0 bridgehead atoms. The van der Waals surface area contributed by atoms with Gasteiger partial charge in [0.15, 0.2) is 0 Å². The van der Waals surface area contributed by atoms with Gasteiger partial charge in [0.2, 0.25) is 0 Å². The fraction of sp³-hybridized carbons (Fsp3) is 0.0455. The van der Waals surface area contributed by atoms with Gasteiger partial charge in [0, 0.05) is 49.4 Å². The van der Waals surface area contributed by atoms with Crippen molar-refractivity contribution in [2.75, 3.05) is 0 Å². The number of fused-ring (bicyclic) bond motifs is 9. The molecule has 7 aromatic carbocycles. The monoisotopic (exact) mass is 601 g/mol. The Kier molecular flexibility index (Phi) is 5.55. The largest absolute Gasteiger partial charge is 0.309 e. The van der Waals surface area contributed by atoms with Gasteiger partial charge in [-0.2, -0.15) is 0 Å². The number of rotatable bonds is 4.